The molecule has 12 N–H and O–H groups in total. The van der Waals surface area contributed by atoms with Crippen molar-refractivity contribution in [2.75, 3.05) is 43.4 Å². The zero-order chi connectivity index (χ0) is 104. The molecule has 5 aliphatic carbocycles. The van der Waals surface area contributed by atoms with Gasteiger partial charge in [0.05, 0.1) is 101 Å². The molecule has 0 fully saturated rings. The van der Waals surface area contributed by atoms with Crippen LogP contribution in [0.1, 0.15) is 209 Å². The van der Waals surface area contributed by atoms with Gasteiger partial charge in [-0.3, -0.25) is 47.9 Å². The second-order valence-electron chi connectivity index (χ2n) is 36.9. The second kappa shape index (κ2) is 41.3. The number of rotatable bonds is 16. The summed E-state index contributed by atoms with van der Waals surface area (Å²) in [6, 6.07) is 107. The van der Waals surface area contributed by atoms with Crippen molar-refractivity contribution in [1.82, 2.24) is 0 Å². The van der Waals surface area contributed by atoms with Crippen LogP contribution < -0.4 is 52.8 Å². The molecular formula is C127H98N8O14. The van der Waals surface area contributed by atoms with Crippen LogP contribution >= 0.6 is 0 Å². The Balaban J connectivity index is 0.000000118. The molecule has 5 aliphatic rings. The fourth-order valence-corrected chi connectivity index (χ4v) is 19.3. The predicted octanol–water partition coefficient (Wildman–Crippen LogP) is 27.7. The lowest BCUT2D eigenvalue weighted by molar-refractivity contribution is 0.0977. The number of nitrogens with two attached hydrogens (primary N) is 2. The van der Waals surface area contributed by atoms with Gasteiger partial charge in [-0.1, -0.05) is 264 Å². The summed E-state index contributed by atoms with van der Waals surface area (Å²) in [6.45, 7) is 18.4. The fraction of sp³-hybridized carbons (Fsp3) is 0.0709. The molecule has 22 heteroatoms. The average molecular weight is 1960 g/mol. The van der Waals surface area contributed by atoms with Crippen molar-refractivity contribution >= 4 is 137 Å². The van der Waals surface area contributed by atoms with Gasteiger partial charge in [0.1, 0.15) is 23.0 Å². The normalized spacial score (nSPS) is 12.3. The van der Waals surface area contributed by atoms with Gasteiger partial charge in [0.2, 0.25) is 0 Å². The fourth-order valence-electron chi connectivity index (χ4n) is 19.3. The number of aryl methyl sites for hydroxylation is 9. The predicted molar refractivity (Wildman–Crippen MR) is 585 cm³/mol. The van der Waals surface area contributed by atoms with Crippen molar-refractivity contribution in [2.45, 2.75) is 62.3 Å². The van der Waals surface area contributed by atoms with E-state index in [9.17, 15) is 58.2 Å². The molecule has 18 aromatic rings. The molecule has 0 radical (unpaired) electrons. The SMILES string of the molecule is Cc1cc(C)c(Nc2ccc(Nc3c(C)cc(C)cc3C)c3c2C(=O)c2ccccc2C3=O)c(C)c1.Cc1ccc(Nc2ccc(Nc3ccc(C)cc3)c3c2C(=O)c2ccccc2C3=O)cc1.Cc1ccc(Nc2ccc(O)c3c2C(=O)c2ccccc2C3=O)cc1.Nc1c(Oc2ccccc2)c(Oc2ccccc2)c(N)c2c1C(=O)c1ccccc1C2=O.O=C1c2ccccc2C(=O)c2c(Nc3ccccc3)ccc(O)c21. The highest BCUT2D eigenvalue weighted by molar-refractivity contribution is 6.36. The quantitative estimate of drug-likeness (QED) is 0.0317. The van der Waals surface area contributed by atoms with Gasteiger partial charge in [-0.05, 0) is 206 Å². The van der Waals surface area contributed by atoms with Crippen LogP contribution in [-0.2, 0) is 0 Å². The maximum absolute atomic E-state index is 13.9. The van der Waals surface area contributed by atoms with Crippen LogP contribution in [0.3, 0.4) is 0 Å². The first kappa shape index (κ1) is 98.1. The molecule has 0 spiro atoms. The Labute approximate surface area is 859 Å². The highest BCUT2D eigenvalue weighted by Gasteiger charge is 2.42. The lowest BCUT2D eigenvalue weighted by Gasteiger charge is -2.25. The molecule has 0 amide bonds. The zero-order valence-electron chi connectivity index (χ0n) is 82.5. The van der Waals surface area contributed by atoms with Crippen LogP contribution in [0.5, 0.6) is 34.5 Å². The summed E-state index contributed by atoms with van der Waals surface area (Å²) in [7, 11) is 0. The van der Waals surface area contributed by atoms with Gasteiger partial charge in [-0.2, -0.15) is 0 Å². The number of ketones is 10. The number of hydrogen-bond donors (Lipinski definition) is 10. The van der Waals surface area contributed by atoms with E-state index in [0.717, 1.165) is 73.1 Å². The summed E-state index contributed by atoms with van der Waals surface area (Å²) in [5, 5.41) is 40.4. The molecule has 0 unspecified atom stereocenters. The van der Waals surface area contributed by atoms with Crippen molar-refractivity contribution in [3.05, 3.63) is 519 Å². The van der Waals surface area contributed by atoms with E-state index in [4.69, 9.17) is 20.9 Å². The monoisotopic (exact) mass is 1960 g/mol. The zero-order valence-corrected chi connectivity index (χ0v) is 82.5. The highest BCUT2D eigenvalue weighted by Crippen LogP contribution is 2.52. The van der Waals surface area contributed by atoms with Gasteiger partial charge in [-0.25, -0.2) is 0 Å². The molecule has 0 bridgehead atoms. The number of nitrogen functional groups attached to an aromatic ring is 2. The Morgan fingerprint density at radius 2 is 0.383 bits per heavy atom. The smallest absolute Gasteiger partial charge is 0.198 e. The second-order valence-corrected chi connectivity index (χ2v) is 36.9. The number of phenolic OH excluding ortho intramolecular Hbond substituents is 2. The molecule has 23 rings (SSSR count). The molecule has 0 saturated carbocycles. The number of carbonyl (C=O) groups is 10. The van der Waals surface area contributed by atoms with Crippen LogP contribution in [-0.4, -0.2) is 68.0 Å². The number of aromatic hydroxyl groups is 2. The van der Waals surface area contributed by atoms with Crippen molar-refractivity contribution in [3.8, 4) is 34.5 Å². The van der Waals surface area contributed by atoms with Crippen molar-refractivity contribution in [2.24, 2.45) is 0 Å². The van der Waals surface area contributed by atoms with Crippen LogP contribution in [0.2, 0.25) is 0 Å². The standard InChI is InChI=1S/C32H30N2O2.C28H22N2O2.C26H18N2O4.C21H15NO3.C20H13NO3/c1-17-13-19(3)29(20(4)14-17)33-25-11-12-26(34-30-21(5)15-18(2)16-22(30)6)28-27(25)31(35)23-9-7-8-10-24(23)32(28)36;1-17-7-11-19(12-8-17)29-23-15-16-24(30-20-13-9-18(2)10-14-20)26-25(23)27(31)21-5-3-4-6-22(21)28(26)32;27-21-19-20(24(30)18-14-8-7-13-17(18)23(19)29)22(28)26(32-16-11-5-2-6-12-16)25(21)31-15-9-3-1-4-10-15;1-12-6-8-13(9-7-12)22-16-10-11-17(23)19-18(16)20(24)14-4-2-3-5-15(14)21(19)25;22-16-11-10-15(21-12-6-2-1-3-7-12)17-18(16)20(24)14-9-5-4-8-13(14)19(17)23/h7-16,33-34H,1-6H3;3-16,29-30H,1-2H3;1-14H,27-28H2;2-11,22-23H,1H3;1-11,21-22H. The van der Waals surface area contributed by atoms with Crippen molar-refractivity contribution in [1.29, 1.82) is 0 Å². The number of ether oxygens (including phenoxy) is 2. The van der Waals surface area contributed by atoms with Gasteiger partial charge >= 0.3 is 0 Å². The first-order chi connectivity index (χ1) is 71.9. The first-order valence-electron chi connectivity index (χ1n) is 48.2. The third-order valence-electron chi connectivity index (χ3n) is 26.5. The maximum Gasteiger partial charge on any atom is 0.198 e. The molecule has 0 heterocycles. The lowest BCUT2D eigenvalue weighted by atomic mass is 9.82. The lowest BCUT2D eigenvalue weighted by Crippen LogP contribution is -2.24. The van der Waals surface area contributed by atoms with Crippen LogP contribution in [0.4, 0.5) is 79.6 Å². The third kappa shape index (κ3) is 19.3. The van der Waals surface area contributed by atoms with Gasteiger partial charge in [0, 0.05) is 89.8 Å². The molecule has 0 atom stereocenters. The van der Waals surface area contributed by atoms with Gasteiger partial charge in [0.25, 0.3) is 0 Å². The molecule has 730 valence electrons. The van der Waals surface area contributed by atoms with E-state index < -0.39 is 0 Å². The minimum Gasteiger partial charge on any atom is -0.507 e. The Hall–Kier alpha value is -19.7. The van der Waals surface area contributed by atoms with Gasteiger partial charge < -0.3 is 63.1 Å². The van der Waals surface area contributed by atoms with Crippen LogP contribution in [0.25, 0.3) is 0 Å². The third-order valence-corrected chi connectivity index (χ3v) is 26.5. The first-order valence-corrected chi connectivity index (χ1v) is 48.2. The van der Waals surface area contributed by atoms with E-state index in [2.05, 4.69) is 97.7 Å². The molecule has 149 heavy (non-hydrogen) atoms. The summed E-state index contributed by atoms with van der Waals surface area (Å²) >= 11 is 0. The van der Waals surface area contributed by atoms with E-state index in [-0.39, 0.29) is 137 Å². The minimum atomic E-state index is -0.386. The van der Waals surface area contributed by atoms with E-state index in [0.29, 0.717) is 112 Å². The summed E-state index contributed by atoms with van der Waals surface area (Å²) in [6.07, 6.45) is 0. The largest absolute Gasteiger partial charge is 0.507 e. The van der Waals surface area contributed by atoms with E-state index >= 15 is 0 Å². The molecular weight excluding hydrogens is 1860 g/mol. The molecule has 0 aliphatic heterocycles. The molecule has 22 nitrogen and oxygen atoms in total. The van der Waals surface area contributed by atoms with Crippen molar-refractivity contribution < 1.29 is 67.6 Å². The highest BCUT2D eigenvalue weighted by atomic mass is 16.5. The number of phenols is 2. The van der Waals surface area contributed by atoms with Crippen LogP contribution in [0, 0.1) is 62.3 Å². The number of hydrogen-bond acceptors (Lipinski definition) is 22. The summed E-state index contributed by atoms with van der Waals surface area (Å²) < 4.78 is 12.1. The summed E-state index contributed by atoms with van der Waals surface area (Å²) in [4.78, 5) is 133. The minimum absolute atomic E-state index is 0.00293. The van der Waals surface area contributed by atoms with E-state index in [1.807, 2.05) is 160 Å². The Bertz CT molecular complexity index is 8220. The number of fused-ring (bicyclic) bond motifs is 10. The van der Waals surface area contributed by atoms with Crippen LogP contribution in [0.15, 0.2) is 358 Å². The average Bonchev–Trinajstić information content (AvgIpc) is 0.718. The number of carbonyl (C=O) groups excluding carboxylic acids is 10. The molecule has 0 saturated heterocycles. The Kier molecular flexibility index (Phi) is 27.2. The maximum atomic E-state index is 13.9. The molecule has 18 aromatic carbocycles. The number of benzene rings is 18. The van der Waals surface area contributed by atoms with E-state index in [1.165, 1.54) is 23.3 Å². The van der Waals surface area contributed by atoms with Crippen molar-refractivity contribution in [3.63, 3.8) is 0 Å². The summed E-state index contributed by atoms with van der Waals surface area (Å²) in [5.41, 5.74) is 37.6. The van der Waals surface area contributed by atoms with E-state index in [1.54, 1.807) is 182 Å². The Morgan fingerprint density at radius 3 is 0.624 bits per heavy atom. The van der Waals surface area contributed by atoms with Gasteiger partial charge in [-0.15, -0.1) is 0 Å². The number of para-hydroxylation sites is 3. The topological polar surface area (TPSA) is 354 Å². The Morgan fingerprint density at radius 1 is 0.195 bits per heavy atom. The molecule has 0 aromatic heterocycles. The summed E-state index contributed by atoms with van der Waals surface area (Å²) in [5.74, 6) is -1.84. The number of anilines is 14. The van der Waals surface area contributed by atoms with Gasteiger partial charge in [0.15, 0.2) is 69.3 Å². The number of nitrogens with one attached hydrogen (secondary N) is 6.